The fourth-order valence-corrected chi connectivity index (χ4v) is 7.79. The lowest BCUT2D eigenvalue weighted by molar-refractivity contribution is -0.243. The second-order valence-corrected chi connectivity index (χ2v) is 14.8. The van der Waals surface area contributed by atoms with Crippen LogP contribution in [0.2, 0.25) is 0 Å². The SMILES string of the molecule is C=CCC(OC(=O)c1ccccc1)C1C(OCc2ccccc2)C(OCc2ccccc2)C(OCc2ccccc2)C(COCc2ccccc2)N1Cc1ccccc1. The Morgan fingerprint density at radius 3 is 1.41 bits per heavy atom. The van der Waals surface area contributed by atoms with E-state index < -0.39 is 36.4 Å². The summed E-state index contributed by atoms with van der Waals surface area (Å²) in [5.41, 5.74) is 5.70. The summed E-state index contributed by atoms with van der Waals surface area (Å²) in [4.78, 5) is 16.4. The number of likely N-dealkylation sites (tertiary alicyclic amines) is 1. The van der Waals surface area contributed by atoms with E-state index in [1.165, 1.54) is 0 Å². The van der Waals surface area contributed by atoms with Gasteiger partial charge < -0.3 is 23.7 Å². The van der Waals surface area contributed by atoms with Crippen LogP contribution in [-0.2, 0) is 56.7 Å². The number of hydrogen-bond acceptors (Lipinski definition) is 7. The van der Waals surface area contributed by atoms with Crippen molar-refractivity contribution in [3.63, 3.8) is 0 Å². The smallest absolute Gasteiger partial charge is 0.338 e. The van der Waals surface area contributed by atoms with E-state index in [9.17, 15) is 4.79 Å². The summed E-state index contributed by atoms with van der Waals surface area (Å²) in [6.45, 7) is 6.34. The number of esters is 1. The summed E-state index contributed by atoms with van der Waals surface area (Å²) in [5, 5.41) is 0. The van der Waals surface area contributed by atoms with Crippen molar-refractivity contribution in [2.24, 2.45) is 0 Å². The zero-order valence-corrected chi connectivity index (χ0v) is 33.4. The van der Waals surface area contributed by atoms with Crippen LogP contribution in [0, 0.1) is 0 Å². The largest absolute Gasteiger partial charge is 0.457 e. The van der Waals surface area contributed by atoms with Crippen LogP contribution in [0.5, 0.6) is 0 Å². The lowest BCUT2D eigenvalue weighted by atomic mass is 9.83. The van der Waals surface area contributed by atoms with Gasteiger partial charge in [0.2, 0.25) is 0 Å². The minimum atomic E-state index is -0.681. The Morgan fingerprint density at radius 2 is 0.932 bits per heavy atom. The first-order valence-electron chi connectivity index (χ1n) is 20.4. The maximum atomic E-state index is 14.1. The highest BCUT2D eigenvalue weighted by atomic mass is 16.6. The number of nitrogens with zero attached hydrogens (tertiary/aromatic N) is 1. The average molecular weight is 788 g/mol. The molecule has 1 aliphatic heterocycles. The fraction of sp³-hybridized carbons (Fsp3) is 0.250. The number of hydrogen-bond donors (Lipinski definition) is 0. The maximum absolute atomic E-state index is 14.1. The Bertz CT molecular complexity index is 2100. The summed E-state index contributed by atoms with van der Waals surface area (Å²) in [5.74, 6) is -0.417. The standard InChI is InChI=1S/C52H53NO6/c1-2-21-47(59-52(54)45-32-19-8-20-33-45)48-50(57-37-43-28-15-6-16-29-43)51(58-38-44-30-17-7-18-31-44)49(56-36-42-26-13-5-14-27-42)46(39-55-35-41-24-11-4-12-25-41)53(48)34-40-22-9-3-10-23-40/h2-20,22-33,46-51H,1,21,34-39H2. The third-order valence-corrected chi connectivity index (χ3v) is 10.7. The van der Waals surface area contributed by atoms with Crippen LogP contribution in [0.3, 0.4) is 0 Å². The molecule has 0 aromatic heterocycles. The van der Waals surface area contributed by atoms with Crippen molar-refractivity contribution in [2.45, 2.75) is 75.9 Å². The van der Waals surface area contributed by atoms with Crippen LogP contribution < -0.4 is 0 Å². The van der Waals surface area contributed by atoms with Gasteiger partial charge in [-0.1, -0.05) is 176 Å². The fourth-order valence-electron chi connectivity index (χ4n) is 7.79. The molecule has 1 fully saturated rings. The van der Waals surface area contributed by atoms with Crippen molar-refractivity contribution in [2.75, 3.05) is 6.61 Å². The Kier molecular flexibility index (Phi) is 15.4. The average Bonchev–Trinajstić information content (AvgIpc) is 3.29. The Hall–Kier alpha value is -5.67. The van der Waals surface area contributed by atoms with Gasteiger partial charge >= 0.3 is 5.97 Å². The highest BCUT2D eigenvalue weighted by Gasteiger charge is 2.54. The van der Waals surface area contributed by atoms with Crippen LogP contribution >= 0.6 is 0 Å². The number of piperidine rings is 1. The predicted molar refractivity (Wildman–Crippen MR) is 231 cm³/mol. The predicted octanol–water partition coefficient (Wildman–Crippen LogP) is 10.0. The van der Waals surface area contributed by atoms with Gasteiger partial charge in [0.05, 0.1) is 50.7 Å². The molecule has 6 unspecified atom stereocenters. The molecule has 0 saturated carbocycles. The molecule has 6 aromatic rings. The van der Waals surface area contributed by atoms with Crippen molar-refractivity contribution in [1.29, 1.82) is 0 Å². The van der Waals surface area contributed by atoms with Crippen molar-refractivity contribution in [1.82, 2.24) is 4.90 Å². The van der Waals surface area contributed by atoms with Crippen LogP contribution in [0.1, 0.15) is 44.6 Å². The van der Waals surface area contributed by atoms with E-state index in [2.05, 4.69) is 72.1 Å². The van der Waals surface area contributed by atoms with Gasteiger partial charge in [0, 0.05) is 13.0 Å². The molecule has 0 radical (unpaired) electrons. The van der Waals surface area contributed by atoms with Crippen molar-refractivity contribution in [3.05, 3.63) is 228 Å². The van der Waals surface area contributed by atoms with E-state index in [0.29, 0.717) is 51.6 Å². The highest BCUT2D eigenvalue weighted by Crippen LogP contribution is 2.37. The second kappa shape index (κ2) is 21.9. The molecule has 0 bridgehead atoms. The summed E-state index contributed by atoms with van der Waals surface area (Å²) >= 11 is 0. The van der Waals surface area contributed by atoms with Crippen LogP contribution in [-0.4, -0.2) is 54.0 Å². The zero-order chi connectivity index (χ0) is 40.5. The monoisotopic (exact) mass is 787 g/mol. The molecule has 0 amide bonds. The van der Waals surface area contributed by atoms with Gasteiger partial charge in [0.1, 0.15) is 24.4 Å². The van der Waals surface area contributed by atoms with E-state index in [1.807, 2.05) is 115 Å². The van der Waals surface area contributed by atoms with E-state index in [-0.39, 0.29) is 6.04 Å². The topological polar surface area (TPSA) is 66.5 Å². The zero-order valence-electron chi connectivity index (χ0n) is 33.4. The summed E-state index contributed by atoms with van der Waals surface area (Å²) in [6, 6.07) is 59.2. The van der Waals surface area contributed by atoms with Gasteiger partial charge in [-0.15, -0.1) is 6.58 Å². The molecular weight excluding hydrogens is 735 g/mol. The molecule has 6 atom stereocenters. The van der Waals surface area contributed by atoms with E-state index in [0.717, 1.165) is 27.8 Å². The van der Waals surface area contributed by atoms with Crippen LogP contribution in [0.4, 0.5) is 0 Å². The van der Waals surface area contributed by atoms with E-state index >= 15 is 0 Å². The first-order valence-corrected chi connectivity index (χ1v) is 20.4. The van der Waals surface area contributed by atoms with Gasteiger partial charge in [0.25, 0.3) is 0 Å². The summed E-state index contributed by atoms with van der Waals surface area (Å²) < 4.78 is 34.7. The lowest BCUT2D eigenvalue weighted by Crippen LogP contribution is -2.71. The molecule has 0 N–H and O–H groups in total. The molecule has 7 heteroatoms. The molecule has 1 saturated heterocycles. The highest BCUT2D eigenvalue weighted by molar-refractivity contribution is 5.89. The molecule has 302 valence electrons. The number of carbonyl (C=O) groups is 1. The van der Waals surface area contributed by atoms with E-state index in [4.69, 9.17) is 23.7 Å². The van der Waals surface area contributed by atoms with Gasteiger partial charge in [-0.05, 0) is 39.9 Å². The number of rotatable bonds is 20. The third kappa shape index (κ3) is 11.7. The van der Waals surface area contributed by atoms with Crippen molar-refractivity contribution in [3.8, 4) is 0 Å². The first-order chi connectivity index (χ1) is 29.2. The van der Waals surface area contributed by atoms with Gasteiger partial charge in [-0.25, -0.2) is 4.79 Å². The molecular formula is C52H53NO6. The Morgan fingerprint density at radius 1 is 0.525 bits per heavy atom. The Balaban J connectivity index is 1.36. The van der Waals surface area contributed by atoms with Gasteiger partial charge in [-0.2, -0.15) is 0 Å². The number of benzene rings is 6. The van der Waals surface area contributed by atoms with Crippen LogP contribution in [0.15, 0.2) is 195 Å². The quantitative estimate of drug-likeness (QED) is 0.0564. The molecule has 7 rings (SSSR count). The first kappa shape index (κ1) is 41.5. The second-order valence-electron chi connectivity index (χ2n) is 14.8. The molecule has 0 aliphatic carbocycles. The summed E-state index contributed by atoms with van der Waals surface area (Å²) in [7, 11) is 0. The van der Waals surface area contributed by atoms with Gasteiger partial charge in [-0.3, -0.25) is 4.90 Å². The normalized spacial score (nSPS) is 19.8. The van der Waals surface area contributed by atoms with Gasteiger partial charge in [0.15, 0.2) is 0 Å². The lowest BCUT2D eigenvalue weighted by Gasteiger charge is -2.54. The minimum Gasteiger partial charge on any atom is -0.457 e. The molecule has 59 heavy (non-hydrogen) atoms. The Labute approximate surface area is 348 Å². The minimum absolute atomic E-state index is 0.306. The van der Waals surface area contributed by atoms with E-state index in [1.54, 1.807) is 12.1 Å². The molecule has 7 nitrogen and oxygen atoms in total. The third-order valence-electron chi connectivity index (χ3n) is 10.7. The summed E-state index contributed by atoms with van der Waals surface area (Å²) in [6.07, 6.45) is -0.284. The molecule has 6 aromatic carbocycles. The van der Waals surface area contributed by atoms with Crippen molar-refractivity contribution < 1.29 is 28.5 Å². The number of carbonyl (C=O) groups excluding carboxylic acids is 1. The molecule has 1 heterocycles. The maximum Gasteiger partial charge on any atom is 0.338 e. The molecule has 1 aliphatic rings. The number of ether oxygens (including phenoxy) is 5. The van der Waals surface area contributed by atoms with Crippen molar-refractivity contribution >= 4 is 5.97 Å². The van der Waals surface area contributed by atoms with Crippen LogP contribution in [0.25, 0.3) is 0 Å². The molecule has 0 spiro atoms.